The molecule has 0 aromatic heterocycles. The number of urea groups is 1. The van der Waals surface area contributed by atoms with Gasteiger partial charge in [-0.2, -0.15) is 0 Å². The lowest BCUT2D eigenvalue weighted by Gasteiger charge is -2.29. The third-order valence-corrected chi connectivity index (χ3v) is 3.97. The van der Waals surface area contributed by atoms with E-state index in [-0.39, 0.29) is 0 Å². The Morgan fingerprint density at radius 1 is 1.33 bits per heavy atom. The van der Waals surface area contributed by atoms with Crippen LogP contribution in [0, 0.1) is 5.92 Å². The zero-order valence-corrected chi connectivity index (χ0v) is 11.6. The number of benzene rings is 1. The van der Waals surface area contributed by atoms with E-state index in [1.54, 1.807) is 18.2 Å². The Morgan fingerprint density at radius 2 is 2.00 bits per heavy atom. The van der Waals surface area contributed by atoms with Crippen LogP contribution in [0.2, 0.25) is 5.02 Å². The summed E-state index contributed by atoms with van der Waals surface area (Å²) >= 11 is 9.13. The Balaban J connectivity index is 2.49. The lowest BCUT2D eigenvalue weighted by Crippen LogP contribution is -2.57. The molecule has 1 fully saturated rings. The van der Waals surface area contributed by atoms with E-state index in [0.29, 0.717) is 15.2 Å². The summed E-state index contributed by atoms with van der Waals surface area (Å²) in [5, 5.41) is 2.49. The second-order valence-electron chi connectivity index (χ2n) is 3.76. The molecule has 5 nitrogen and oxygen atoms in total. The molecule has 1 unspecified atom stereocenters. The van der Waals surface area contributed by atoms with Crippen molar-refractivity contribution in [3.8, 4) is 0 Å². The predicted octanol–water partition coefficient (Wildman–Crippen LogP) is 2.32. The smallest absolute Gasteiger partial charge is 0.277 e. The fraction of sp³-hybridized carbons (Fsp3) is 0.182. The Bertz CT molecular complexity index is 561. The third kappa shape index (κ3) is 2.02. The SMILES string of the molecule is CC1C(=O)NC(=O)N(c2cccc(Cl)c2Br)C1=O. The van der Waals surface area contributed by atoms with Crippen LogP contribution >= 0.6 is 27.5 Å². The van der Waals surface area contributed by atoms with Gasteiger partial charge in [0.2, 0.25) is 11.8 Å². The van der Waals surface area contributed by atoms with Gasteiger partial charge in [-0.05, 0) is 35.0 Å². The maximum atomic E-state index is 12.0. The van der Waals surface area contributed by atoms with E-state index in [4.69, 9.17) is 11.6 Å². The third-order valence-electron chi connectivity index (χ3n) is 2.59. The Labute approximate surface area is 116 Å². The summed E-state index contributed by atoms with van der Waals surface area (Å²) < 4.78 is 0.428. The van der Waals surface area contributed by atoms with Gasteiger partial charge < -0.3 is 0 Å². The number of hydrogen-bond acceptors (Lipinski definition) is 3. The molecule has 1 N–H and O–H groups in total. The summed E-state index contributed by atoms with van der Waals surface area (Å²) in [4.78, 5) is 36.0. The largest absolute Gasteiger partial charge is 0.335 e. The van der Waals surface area contributed by atoms with E-state index in [1.807, 2.05) is 0 Å². The number of amides is 4. The van der Waals surface area contributed by atoms with Gasteiger partial charge in [-0.15, -0.1) is 0 Å². The Morgan fingerprint density at radius 3 is 2.67 bits per heavy atom. The lowest BCUT2D eigenvalue weighted by atomic mass is 10.1. The first-order valence-corrected chi connectivity index (χ1v) is 6.23. The van der Waals surface area contributed by atoms with Crippen LogP contribution in [0.1, 0.15) is 6.92 Å². The van der Waals surface area contributed by atoms with E-state index in [0.717, 1.165) is 4.90 Å². The van der Waals surface area contributed by atoms with Crippen LogP contribution in [0.3, 0.4) is 0 Å². The van der Waals surface area contributed by atoms with E-state index < -0.39 is 23.8 Å². The van der Waals surface area contributed by atoms with Crippen LogP contribution in [-0.4, -0.2) is 17.8 Å². The normalized spacial score (nSPS) is 20.1. The molecule has 1 saturated heterocycles. The summed E-state index contributed by atoms with van der Waals surface area (Å²) in [5.74, 6) is -2.08. The quantitative estimate of drug-likeness (QED) is 0.803. The maximum Gasteiger partial charge on any atom is 0.335 e. The van der Waals surface area contributed by atoms with Gasteiger partial charge in [-0.25, -0.2) is 9.69 Å². The zero-order chi connectivity index (χ0) is 13.4. The highest BCUT2D eigenvalue weighted by Crippen LogP contribution is 2.34. The number of carbonyl (C=O) groups excluding carboxylic acids is 3. The van der Waals surface area contributed by atoms with Gasteiger partial charge in [0.1, 0.15) is 5.92 Å². The van der Waals surface area contributed by atoms with Crippen molar-refractivity contribution in [2.24, 2.45) is 5.92 Å². The summed E-state index contributed by atoms with van der Waals surface area (Å²) in [6, 6.07) is 4.03. The highest BCUT2D eigenvalue weighted by atomic mass is 79.9. The van der Waals surface area contributed by atoms with Gasteiger partial charge in [-0.1, -0.05) is 17.7 Å². The fourth-order valence-electron chi connectivity index (χ4n) is 1.57. The second-order valence-corrected chi connectivity index (χ2v) is 4.96. The van der Waals surface area contributed by atoms with Gasteiger partial charge in [-0.3, -0.25) is 14.9 Å². The van der Waals surface area contributed by atoms with Crippen LogP contribution in [0.5, 0.6) is 0 Å². The van der Waals surface area contributed by atoms with Gasteiger partial charge in [0.25, 0.3) is 0 Å². The van der Waals surface area contributed by atoms with Crippen LogP contribution in [-0.2, 0) is 9.59 Å². The van der Waals surface area contributed by atoms with Gasteiger partial charge in [0, 0.05) is 0 Å². The molecule has 0 spiro atoms. The number of imide groups is 2. The molecule has 1 aliphatic rings. The first-order valence-electron chi connectivity index (χ1n) is 5.06. The molecule has 0 aliphatic carbocycles. The van der Waals surface area contributed by atoms with Crippen molar-refractivity contribution < 1.29 is 14.4 Å². The van der Waals surface area contributed by atoms with Crippen molar-refractivity contribution >= 4 is 51.1 Å². The molecule has 94 valence electrons. The molecule has 1 aliphatic heterocycles. The minimum atomic E-state index is -0.909. The van der Waals surface area contributed by atoms with Gasteiger partial charge >= 0.3 is 6.03 Å². The number of rotatable bonds is 1. The van der Waals surface area contributed by atoms with Crippen molar-refractivity contribution in [1.29, 1.82) is 0 Å². The van der Waals surface area contributed by atoms with Crippen molar-refractivity contribution in [2.45, 2.75) is 6.92 Å². The standard InChI is InChI=1S/C11H8BrClN2O3/c1-5-9(16)14-11(18)15(10(5)17)7-4-2-3-6(13)8(7)12/h2-5H,1H3,(H,14,16,18). The molecule has 1 aromatic rings. The molecule has 1 heterocycles. The molecule has 2 rings (SSSR count). The predicted molar refractivity (Wildman–Crippen MR) is 69.3 cm³/mol. The van der Waals surface area contributed by atoms with Crippen molar-refractivity contribution in [2.75, 3.05) is 4.90 Å². The average Bonchev–Trinajstić information content (AvgIpc) is 2.32. The molecule has 4 amide bonds. The molecule has 18 heavy (non-hydrogen) atoms. The van der Waals surface area contributed by atoms with Gasteiger partial charge in [0.05, 0.1) is 15.2 Å². The first-order chi connectivity index (χ1) is 8.43. The van der Waals surface area contributed by atoms with E-state index in [9.17, 15) is 14.4 Å². The monoisotopic (exact) mass is 330 g/mol. The number of nitrogens with one attached hydrogen (secondary N) is 1. The zero-order valence-electron chi connectivity index (χ0n) is 9.24. The molecule has 1 aromatic carbocycles. The van der Waals surface area contributed by atoms with Crippen LogP contribution in [0.4, 0.5) is 10.5 Å². The molecular formula is C11H8BrClN2O3. The summed E-state index contributed by atoms with van der Waals surface area (Å²) in [6.07, 6.45) is 0. The lowest BCUT2D eigenvalue weighted by molar-refractivity contribution is -0.133. The number of barbiturate groups is 1. The number of carbonyl (C=O) groups is 3. The molecule has 7 heteroatoms. The second kappa shape index (κ2) is 4.70. The van der Waals surface area contributed by atoms with Crippen LogP contribution < -0.4 is 10.2 Å². The molecular weight excluding hydrogens is 323 g/mol. The van der Waals surface area contributed by atoms with Crippen molar-refractivity contribution in [1.82, 2.24) is 5.32 Å². The minimum absolute atomic E-state index is 0.310. The topological polar surface area (TPSA) is 66.5 Å². The Kier molecular flexibility index (Phi) is 3.41. The molecule has 0 bridgehead atoms. The van der Waals surface area contributed by atoms with E-state index in [1.165, 1.54) is 6.92 Å². The first kappa shape index (κ1) is 13.0. The van der Waals surface area contributed by atoms with Crippen LogP contribution in [0.15, 0.2) is 22.7 Å². The number of anilines is 1. The number of nitrogens with zero attached hydrogens (tertiary/aromatic N) is 1. The number of hydrogen-bond donors (Lipinski definition) is 1. The van der Waals surface area contributed by atoms with Crippen LogP contribution in [0.25, 0.3) is 0 Å². The van der Waals surface area contributed by atoms with E-state index in [2.05, 4.69) is 21.2 Å². The fourth-order valence-corrected chi connectivity index (χ4v) is 2.18. The number of halogens is 2. The molecule has 1 atom stereocenters. The van der Waals surface area contributed by atoms with Gasteiger partial charge in [0.15, 0.2) is 0 Å². The summed E-state index contributed by atoms with van der Waals surface area (Å²) in [6.45, 7) is 1.44. The highest BCUT2D eigenvalue weighted by Gasteiger charge is 2.39. The van der Waals surface area contributed by atoms with Crippen molar-refractivity contribution in [3.63, 3.8) is 0 Å². The average molecular weight is 332 g/mol. The summed E-state index contributed by atoms with van der Waals surface area (Å²) in [7, 11) is 0. The minimum Gasteiger partial charge on any atom is -0.277 e. The maximum absolute atomic E-state index is 12.0. The van der Waals surface area contributed by atoms with E-state index >= 15 is 0 Å². The highest BCUT2D eigenvalue weighted by molar-refractivity contribution is 9.10. The molecule has 0 radical (unpaired) electrons. The van der Waals surface area contributed by atoms with Crippen molar-refractivity contribution in [3.05, 3.63) is 27.7 Å². The Hall–Kier alpha value is -1.40. The summed E-state index contributed by atoms with van der Waals surface area (Å²) in [5.41, 5.74) is 0.310. The molecule has 0 saturated carbocycles.